The van der Waals surface area contributed by atoms with Gasteiger partial charge in [-0.3, -0.25) is 4.79 Å². The first-order valence-electron chi connectivity index (χ1n) is 8.10. The van der Waals surface area contributed by atoms with E-state index in [1.165, 1.54) is 12.7 Å². The molecule has 0 aliphatic rings. The lowest BCUT2D eigenvalue weighted by molar-refractivity contribution is -0.122. The molecule has 0 fully saturated rings. The Morgan fingerprint density at radius 1 is 1.08 bits per heavy atom. The number of nitriles is 1. The van der Waals surface area contributed by atoms with Gasteiger partial charge in [-0.2, -0.15) is 5.26 Å². The molecule has 0 radical (unpaired) electrons. The number of ether oxygens (including phenoxy) is 2. The third kappa shape index (κ3) is 4.74. The number of rotatable bonds is 6. The summed E-state index contributed by atoms with van der Waals surface area (Å²) in [6, 6.07) is 14.6. The summed E-state index contributed by atoms with van der Waals surface area (Å²) in [6.45, 7) is 5.90. The quantitative estimate of drug-likeness (QED) is 0.861. The number of benzene rings is 2. The molecule has 0 bridgehead atoms. The van der Waals surface area contributed by atoms with Crippen LogP contribution in [-0.2, 0) is 4.79 Å². The summed E-state index contributed by atoms with van der Waals surface area (Å²) in [5.41, 5.74) is 2.40. The molecule has 130 valence electrons. The SMILES string of the molecule is COc1cc(C#N)ccc1O[C@@H](C)C(=O)Nc1ccc(C(C)C)cc1. The molecule has 0 aliphatic heterocycles. The predicted octanol–water partition coefficient (Wildman–Crippen LogP) is 4.10. The van der Waals surface area contributed by atoms with Gasteiger partial charge >= 0.3 is 0 Å². The summed E-state index contributed by atoms with van der Waals surface area (Å²) in [5.74, 6) is 1.01. The van der Waals surface area contributed by atoms with E-state index in [-0.39, 0.29) is 5.91 Å². The molecule has 25 heavy (non-hydrogen) atoms. The number of nitrogens with zero attached hydrogens (tertiary/aromatic N) is 1. The van der Waals surface area contributed by atoms with E-state index < -0.39 is 6.10 Å². The van der Waals surface area contributed by atoms with Crippen LogP contribution in [0.2, 0.25) is 0 Å². The minimum Gasteiger partial charge on any atom is -0.493 e. The Labute approximate surface area is 148 Å². The maximum absolute atomic E-state index is 12.3. The topological polar surface area (TPSA) is 71.3 Å². The molecular formula is C20H22N2O3. The second kappa shape index (κ2) is 8.20. The van der Waals surface area contributed by atoms with Gasteiger partial charge in [0.25, 0.3) is 5.91 Å². The molecule has 0 saturated heterocycles. The zero-order chi connectivity index (χ0) is 18.4. The van der Waals surface area contributed by atoms with Gasteiger partial charge in [-0.15, -0.1) is 0 Å². The highest BCUT2D eigenvalue weighted by molar-refractivity contribution is 5.94. The Morgan fingerprint density at radius 2 is 1.76 bits per heavy atom. The van der Waals surface area contributed by atoms with E-state index in [9.17, 15) is 4.79 Å². The van der Waals surface area contributed by atoms with E-state index in [1.54, 1.807) is 25.1 Å². The van der Waals surface area contributed by atoms with Crippen molar-refractivity contribution in [1.82, 2.24) is 0 Å². The molecule has 0 spiro atoms. The summed E-state index contributed by atoms with van der Waals surface area (Å²) in [5, 5.41) is 11.8. The Morgan fingerprint density at radius 3 is 2.32 bits per heavy atom. The van der Waals surface area contributed by atoms with Crippen LogP contribution in [0, 0.1) is 11.3 Å². The van der Waals surface area contributed by atoms with E-state index in [0.29, 0.717) is 23.0 Å². The monoisotopic (exact) mass is 338 g/mol. The van der Waals surface area contributed by atoms with E-state index in [0.717, 1.165) is 5.69 Å². The Kier molecular flexibility index (Phi) is 6.02. The standard InChI is InChI=1S/C20H22N2O3/c1-13(2)16-6-8-17(9-7-16)22-20(23)14(3)25-18-10-5-15(12-21)11-19(18)24-4/h5-11,13-14H,1-4H3,(H,22,23)/t14-/m0/s1. The maximum Gasteiger partial charge on any atom is 0.265 e. The smallest absolute Gasteiger partial charge is 0.265 e. The summed E-state index contributed by atoms with van der Waals surface area (Å²) in [6.07, 6.45) is -0.716. The lowest BCUT2D eigenvalue weighted by Crippen LogP contribution is -2.30. The van der Waals surface area contributed by atoms with Crippen LogP contribution in [-0.4, -0.2) is 19.1 Å². The fourth-order valence-electron chi connectivity index (χ4n) is 2.27. The van der Waals surface area contributed by atoms with E-state index in [1.807, 2.05) is 30.3 Å². The van der Waals surface area contributed by atoms with E-state index in [4.69, 9.17) is 14.7 Å². The van der Waals surface area contributed by atoms with Crippen molar-refractivity contribution in [1.29, 1.82) is 5.26 Å². The first-order valence-corrected chi connectivity index (χ1v) is 8.10. The van der Waals surface area contributed by atoms with Crippen molar-refractivity contribution in [2.24, 2.45) is 0 Å². The number of hydrogen-bond acceptors (Lipinski definition) is 4. The van der Waals surface area contributed by atoms with Gasteiger partial charge in [0.1, 0.15) is 0 Å². The Balaban J connectivity index is 2.04. The number of amides is 1. The minimum absolute atomic E-state index is 0.260. The number of carbonyl (C=O) groups excluding carboxylic acids is 1. The van der Waals surface area contributed by atoms with Crippen LogP contribution in [0.25, 0.3) is 0 Å². The van der Waals surface area contributed by atoms with Crippen molar-refractivity contribution in [2.45, 2.75) is 32.8 Å². The van der Waals surface area contributed by atoms with Crippen LogP contribution < -0.4 is 14.8 Å². The maximum atomic E-state index is 12.3. The Hall–Kier alpha value is -3.00. The van der Waals surface area contributed by atoms with Crippen LogP contribution in [0.3, 0.4) is 0 Å². The summed E-state index contributed by atoms with van der Waals surface area (Å²) < 4.78 is 10.9. The van der Waals surface area contributed by atoms with Crippen LogP contribution >= 0.6 is 0 Å². The van der Waals surface area contributed by atoms with Crippen molar-refractivity contribution >= 4 is 11.6 Å². The van der Waals surface area contributed by atoms with Gasteiger partial charge in [0.2, 0.25) is 0 Å². The van der Waals surface area contributed by atoms with Crippen LogP contribution in [0.1, 0.15) is 37.8 Å². The van der Waals surface area contributed by atoms with Gasteiger partial charge in [-0.25, -0.2) is 0 Å². The van der Waals surface area contributed by atoms with Gasteiger partial charge in [0, 0.05) is 11.8 Å². The average molecular weight is 338 g/mol. The fraction of sp³-hybridized carbons (Fsp3) is 0.300. The third-order valence-corrected chi connectivity index (χ3v) is 3.81. The van der Waals surface area contributed by atoms with Gasteiger partial charge in [-0.1, -0.05) is 26.0 Å². The molecule has 1 amide bonds. The highest BCUT2D eigenvalue weighted by Gasteiger charge is 2.17. The van der Waals surface area contributed by atoms with Gasteiger partial charge in [0.15, 0.2) is 17.6 Å². The fourth-order valence-corrected chi connectivity index (χ4v) is 2.27. The molecule has 0 aliphatic carbocycles. The van der Waals surface area contributed by atoms with Gasteiger partial charge in [-0.05, 0) is 42.7 Å². The number of carbonyl (C=O) groups is 1. The van der Waals surface area contributed by atoms with Crippen molar-refractivity contribution in [3.8, 4) is 17.6 Å². The van der Waals surface area contributed by atoms with Crippen LogP contribution in [0.5, 0.6) is 11.5 Å². The molecule has 2 rings (SSSR count). The molecule has 0 unspecified atom stereocenters. The lowest BCUT2D eigenvalue weighted by atomic mass is 10.0. The first kappa shape index (κ1) is 18.3. The molecule has 5 heteroatoms. The molecular weight excluding hydrogens is 316 g/mol. The largest absolute Gasteiger partial charge is 0.493 e. The predicted molar refractivity (Wildman–Crippen MR) is 97.0 cm³/mol. The lowest BCUT2D eigenvalue weighted by Gasteiger charge is -2.17. The molecule has 1 N–H and O–H groups in total. The molecule has 0 saturated carbocycles. The van der Waals surface area contributed by atoms with Crippen molar-refractivity contribution in [2.75, 3.05) is 12.4 Å². The highest BCUT2D eigenvalue weighted by atomic mass is 16.5. The van der Waals surface area contributed by atoms with Crippen LogP contribution in [0.4, 0.5) is 5.69 Å². The average Bonchev–Trinajstić information content (AvgIpc) is 2.62. The summed E-state index contributed by atoms with van der Waals surface area (Å²) in [7, 11) is 1.49. The molecule has 0 aromatic heterocycles. The van der Waals surface area contributed by atoms with E-state index in [2.05, 4.69) is 19.2 Å². The van der Waals surface area contributed by atoms with Crippen molar-refractivity contribution < 1.29 is 14.3 Å². The summed E-state index contributed by atoms with van der Waals surface area (Å²) in [4.78, 5) is 12.3. The molecule has 2 aromatic carbocycles. The Bertz CT molecular complexity index is 777. The summed E-state index contributed by atoms with van der Waals surface area (Å²) >= 11 is 0. The zero-order valence-corrected chi connectivity index (χ0v) is 14.9. The van der Waals surface area contributed by atoms with Crippen molar-refractivity contribution in [3.63, 3.8) is 0 Å². The van der Waals surface area contributed by atoms with Gasteiger partial charge in [0.05, 0.1) is 18.7 Å². The zero-order valence-electron chi connectivity index (χ0n) is 14.9. The molecule has 2 aromatic rings. The minimum atomic E-state index is -0.716. The van der Waals surface area contributed by atoms with Gasteiger partial charge < -0.3 is 14.8 Å². The van der Waals surface area contributed by atoms with Crippen molar-refractivity contribution in [3.05, 3.63) is 53.6 Å². The molecule has 5 nitrogen and oxygen atoms in total. The second-order valence-electron chi connectivity index (χ2n) is 6.00. The first-order chi connectivity index (χ1) is 11.9. The van der Waals surface area contributed by atoms with Crippen LogP contribution in [0.15, 0.2) is 42.5 Å². The number of hydrogen-bond donors (Lipinski definition) is 1. The normalized spacial score (nSPS) is 11.5. The number of anilines is 1. The number of methoxy groups -OCH3 is 1. The molecule has 0 heterocycles. The third-order valence-electron chi connectivity index (χ3n) is 3.81. The second-order valence-corrected chi connectivity index (χ2v) is 6.00. The molecule has 1 atom stereocenters. The highest BCUT2D eigenvalue weighted by Crippen LogP contribution is 2.29. The number of nitrogens with one attached hydrogen (secondary N) is 1. The van der Waals surface area contributed by atoms with E-state index >= 15 is 0 Å².